The van der Waals surface area contributed by atoms with Gasteiger partial charge in [-0.25, -0.2) is 0 Å². The minimum Gasteiger partial charge on any atom is -0.319 e. The van der Waals surface area contributed by atoms with Gasteiger partial charge in [0.05, 0.1) is 27.9 Å². The van der Waals surface area contributed by atoms with Crippen molar-refractivity contribution in [3.8, 4) is 0 Å². The molecule has 0 fully saturated rings. The molecule has 0 unspecified atom stereocenters. The second kappa shape index (κ2) is 7.41. The second-order valence-corrected chi connectivity index (χ2v) is 8.15. The van der Waals surface area contributed by atoms with Crippen LogP contribution in [0.2, 0.25) is 0 Å². The summed E-state index contributed by atoms with van der Waals surface area (Å²) in [4.78, 5) is 48.3. The molecule has 0 aliphatic carbocycles. The Bertz CT molecular complexity index is 1440. The third kappa shape index (κ3) is 3.27. The molecule has 0 bridgehead atoms. The lowest BCUT2D eigenvalue weighted by molar-refractivity contribution is 0.0642. The molecule has 2 aromatic heterocycles. The Morgan fingerprint density at radius 2 is 1.74 bits per heavy atom. The standard InChI is InChI=1S/C23H16N4O3S/c1-26-18-4-2-3-5-19(18)31-23(26)25-20(28)15-6-7-16-17(12-15)22(30)27(21(16)29)13-14-8-10-24-11-9-14/h2-12H,13H2,1H3. The SMILES string of the molecule is Cn1c(=NC(=O)c2ccc3c(c2)C(=O)N(Cc2ccncc2)C3=O)sc2ccccc21. The van der Waals surface area contributed by atoms with Crippen LogP contribution in [-0.2, 0) is 13.6 Å². The number of pyridine rings is 1. The first-order chi connectivity index (χ1) is 15.0. The van der Waals surface area contributed by atoms with Crippen LogP contribution in [0.5, 0.6) is 0 Å². The van der Waals surface area contributed by atoms with Gasteiger partial charge in [-0.2, -0.15) is 4.99 Å². The van der Waals surface area contributed by atoms with Crippen molar-refractivity contribution in [2.75, 3.05) is 0 Å². The number of fused-ring (bicyclic) bond motifs is 2. The van der Waals surface area contributed by atoms with Crippen LogP contribution >= 0.6 is 11.3 Å². The summed E-state index contributed by atoms with van der Waals surface area (Å²) < 4.78 is 2.88. The van der Waals surface area contributed by atoms with Crippen molar-refractivity contribution in [3.05, 3.63) is 94.0 Å². The molecule has 152 valence electrons. The second-order valence-electron chi connectivity index (χ2n) is 7.14. The summed E-state index contributed by atoms with van der Waals surface area (Å²) in [5, 5.41) is 0. The number of carbonyl (C=O) groups is 3. The highest BCUT2D eigenvalue weighted by atomic mass is 32.1. The van der Waals surface area contributed by atoms with E-state index in [-0.39, 0.29) is 23.6 Å². The summed E-state index contributed by atoms with van der Waals surface area (Å²) >= 11 is 1.42. The van der Waals surface area contributed by atoms with Crippen LogP contribution in [0.4, 0.5) is 0 Å². The van der Waals surface area contributed by atoms with E-state index in [9.17, 15) is 14.4 Å². The lowest BCUT2D eigenvalue weighted by Crippen LogP contribution is -2.29. The van der Waals surface area contributed by atoms with Crippen molar-refractivity contribution in [2.24, 2.45) is 12.0 Å². The summed E-state index contributed by atoms with van der Waals surface area (Å²) in [6.45, 7) is 0.153. The van der Waals surface area contributed by atoms with Gasteiger partial charge in [-0.3, -0.25) is 24.3 Å². The number of para-hydroxylation sites is 1. The Labute approximate surface area is 180 Å². The van der Waals surface area contributed by atoms with E-state index in [4.69, 9.17) is 0 Å². The number of rotatable bonds is 3. The molecule has 2 aromatic carbocycles. The Hall–Kier alpha value is -3.91. The summed E-state index contributed by atoms with van der Waals surface area (Å²) in [5.74, 6) is -1.25. The summed E-state index contributed by atoms with van der Waals surface area (Å²) in [7, 11) is 1.85. The molecule has 31 heavy (non-hydrogen) atoms. The minimum atomic E-state index is -0.460. The zero-order valence-corrected chi connectivity index (χ0v) is 17.3. The molecule has 0 radical (unpaired) electrons. The fourth-order valence-electron chi connectivity index (χ4n) is 3.58. The molecule has 3 heterocycles. The number of aryl methyl sites for hydroxylation is 1. The van der Waals surface area contributed by atoms with Gasteiger partial charge in [0.25, 0.3) is 17.7 Å². The minimum absolute atomic E-state index is 0.153. The van der Waals surface area contributed by atoms with E-state index >= 15 is 0 Å². The van der Waals surface area contributed by atoms with E-state index in [2.05, 4.69) is 9.98 Å². The smallest absolute Gasteiger partial charge is 0.279 e. The quantitative estimate of drug-likeness (QED) is 0.469. The molecule has 4 aromatic rings. The number of amides is 3. The van der Waals surface area contributed by atoms with Crippen LogP contribution in [0.25, 0.3) is 10.2 Å². The predicted octanol–water partition coefficient (Wildman–Crippen LogP) is 3.17. The van der Waals surface area contributed by atoms with Crippen molar-refractivity contribution < 1.29 is 14.4 Å². The number of thiazole rings is 1. The van der Waals surface area contributed by atoms with E-state index in [0.717, 1.165) is 15.8 Å². The number of aromatic nitrogens is 2. The molecule has 8 heteroatoms. The summed E-state index contributed by atoms with van der Waals surface area (Å²) in [6, 6.07) is 15.8. The van der Waals surface area contributed by atoms with Crippen molar-refractivity contribution in [1.82, 2.24) is 14.5 Å². The van der Waals surface area contributed by atoms with E-state index in [0.29, 0.717) is 10.4 Å². The molecule has 0 atom stereocenters. The van der Waals surface area contributed by atoms with Crippen LogP contribution in [0.3, 0.4) is 0 Å². The fraction of sp³-hybridized carbons (Fsp3) is 0.0870. The molecule has 1 aliphatic rings. The first-order valence-corrected chi connectivity index (χ1v) is 10.4. The van der Waals surface area contributed by atoms with Gasteiger partial charge >= 0.3 is 0 Å². The third-order valence-electron chi connectivity index (χ3n) is 5.22. The zero-order valence-electron chi connectivity index (χ0n) is 16.5. The molecule has 0 spiro atoms. The maximum absolute atomic E-state index is 12.9. The summed E-state index contributed by atoms with van der Waals surface area (Å²) in [6.07, 6.45) is 3.22. The topological polar surface area (TPSA) is 84.6 Å². The highest BCUT2D eigenvalue weighted by Crippen LogP contribution is 2.26. The van der Waals surface area contributed by atoms with E-state index in [1.54, 1.807) is 30.6 Å². The van der Waals surface area contributed by atoms with Crippen LogP contribution < -0.4 is 4.80 Å². The van der Waals surface area contributed by atoms with E-state index in [1.807, 2.05) is 35.9 Å². The average molecular weight is 428 g/mol. The van der Waals surface area contributed by atoms with Crippen molar-refractivity contribution in [2.45, 2.75) is 6.54 Å². The lowest BCUT2D eigenvalue weighted by Gasteiger charge is -2.13. The lowest BCUT2D eigenvalue weighted by atomic mass is 10.1. The van der Waals surface area contributed by atoms with Crippen LogP contribution in [0.1, 0.15) is 36.6 Å². The molecule has 5 rings (SSSR count). The van der Waals surface area contributed by atoms with Crippen molar-refractivity contribution in [1.29, 1.82) is 0 Å². The molecule has 1 aliphatic heterocycles. The average Bonchev–Trinajstić information content (AvgIpc) is 3.23. The van der Waals surface area contributed by atoms with Crippen LogP contribution in [0.15, 0.2) is 72.0 Å². The van der Waals surface area contributed by atoms with Gasteiger partial charge in [-0.05, 0) is 48.0 Å². The number of nitrogens with zero attached hydrogens (tertiary/aromatic N) is 4. The van der Waals surface area contributed by atoms with Gasteiger partial charge in [-0.1, -0.05) is 23.5 Å². The maximum Gasteiger partial charge on any atom is 0.279 e. The fourth-order valence-corrected chi connectivity index (χ4v) is 4.59. The number of imide groups is 1. The van der Waals surface area contributed by atoms with Gasteiger partial charge in [0.2, 0.25) is 0 Å². The molecule has 3 amide bonds. The zero-order chi connectivity index (χ0) is 21.5. The molecule has 0 saturated heterocycles. The molecule has 0 saturated carbocycles. The first kappa shape index (κ1) is 19.1. The number of hydrogen-bond donors (Lipinski definition) is 0. The third-order valence-corrected chi connectivity index (χ3v) is 6.33. The van der Waals surface area contributed by atoms with Gasteiger partial charge in [0.15, 0.2) is 4.80 Å². The molecule has 7 nitrogen and oxygen atoms in total. The maximum atomic E-state index is 12.9. The van der Waals surface area contributed by atoms with Gasteiger partial charge in [0, 0.05) is 25.0 Å². The molecular formula is C23H16N4O3S. The van der Waals surface area contributed by atoms with Crippen LogP contribution in [0, 0.1) is 0 Å². The first-order valence-electron chi connectivity index (χ1n) is 9.56. The molecule has 0 N–H and O–H groups in total. The Morgan fingerprint density at radius 3 is 2.52 bits per heavy atom. The van der Waals surface area contributed by atoms with E-state index in [1.165, 1.54) is 28.4 Å². The van der Waals surface area contributed by atoms with Crippen molar-refractivity contribution >= 4 is 39.3 Å². The number of benzene rings is 2. The van der Waals surface area contributed by atoms with Crippen LogP contribution in [-0.4, -0.2) is 32.2 Å². The molecular weight excluding hydrogens is 412 g/mol. The number of carbonyl (C=O) groups excluding carboxylic acids is 3. The van der Waals surface area contributed by atoms with Crippen molar-refractivity contribution in [3.63, 3.8) is 0 Å². The Kier molecular flexibility index (Phi) is 4.56. The highest BCUT2D eigenvalue weighted by Gasteiger charge is 2.36. The van der Waals surface area contributed by atoms with Gasteiger partial charge in [0.1, 0.15) is 0 Å². The number of hydrogen-bond acceptors (Lipinski definition) is 5. The summed E-state index contributed by atoms with van der Waals surface area (Å²) in [5.41, 5.74) is 2.57. The Morgan fingerprint density at radius 1 is 1.00 bits per heavy atom. The van der Waals surface area contributed by atoms with E-state index < -0.39 is 11.8 Å². The largest absolute Gasteiger partial charge is 0.319 e. The van der Waals surface area contributed by atoms with Gasteiger partial charge < -0.3 is 4.57 Å². The van der Waals surface area contributed by atoms with Gasteiger partial charge in [-0.15, -0.1) is 0 Å². The predicted molar refractivity (Wildman–Crippen MR) is 116 cm³/mol. The monoisotopic (exact) mass is 428 g/mol. The highest BCUT2D eigenvalue weighted by molar-refractivity contribution is 7.16. The normalized spacial score (nSPS) is 13.8. The Balaban J connectivity index is 1.47.